The number of fused-ring (bicyclic) bond motifs is 6. The molecule has 14 atom stereocenters. The lowest BCUT2D eigenvalue weighted by Gasteiger charge is -2.24. The molecule has 4 aliphatic heterocycles. The van der Waals surface area contributed by atoms with E-state index in [1.807, 2.05) is 110 Å². The number of nitrogens with zero attached hydrogens (tertiary/aromatic N) is 14. The molecular weight excluding hydrogens is 1770 g/mol. The van der Waals surface area contributed by atoms with E-state index in [0.29, 0.717) is 25.9 Å². The summed E-state index contributed by atoms with van der Waals surface area (Å²) >= 11 is 3.31. The largest absolute Gasteiger partial charge is 0.766 e. The molecule has 8 heterocycles. The highest BCUT2D eigenvalue weighted by Crippen LogP contribution is 2.62. The molecule has 18 N–H and O–H groups in total. The number of nitrogen functional groups attached to an aromatic ring is 2. The minimum atomic E-state index is -5.67. The number of alkyl carbamates (subject to hydrolysis) is 2. The van der Waals surface area contributed by atoms with Gasteiger partial charge in [0.25, 0.3) is 0 Å². The molecule has 122 heavy (non-hydrogen) atoms. The van der Waals surface area contributed by atoms with Crippen LogP contribution in [0.5, 0.6) is 0 Å². The highest BCUT2D eigenvalue weighted by molar-refractivity contribution is 7.71. The summed E-state index contributed by atoms with van der Waals surface area (Å²) in [5.41, 5.74) is 17.7. The van der Waals surface area contributed by atoms with E-state index < -0.39 is 121 Å². The Hall–Kier alpha value is -9.04. The molecule has 12 rings (SSSR count). The van der Waals surface area contributed by atoms with Crippen molar-refractivity contribution < 1.29 is 133 Å². The fraction of sp³-hybridized carbons (Fsp3) is 0.406. The first-order chi connectivity index (χ1) is 57.4. The second-order valence-corrected chi connectivity index (χ2v) is 39.0. The lowest BCUT2D eigenvalue weighted by atomic mass is 10.1. The normalized spacial score (nSPS) is 20.8. The number of imidazole rings is 2. The van der Waals surface area contributed by atoms with Crippen LogP contribution in [-0.4, -0.2) is 244 Å². The number of amides is 4. The molecule has 2 fully saturated rings. The van der Waals surface area contributed by atoms with Crippen LogP contribution in [0.1, 0.15) is 38.1 Å². The predicted octanol–water partition coefficient (Wildman–Crippen LogP) is -0.350. The number of phosphoric acid groups is 2. The monoisotopic (exact) mass is 1860 g/mol. The van der Waals surface area contributed by atoms with Gasteiger partial charge in [-0.05, 0) is 61.4 Å². The minimum absolute atomic E-state index is 0.00220. The summed E-state index contributed by atoms with van der Waals surface area (Å²) in [6.45, 7) is -1.15. The molecule has 4 aromatic heterocycles. The molecule has 4 amide bonds. The number of nitrogens with one attached hydrogen (secondary N) is 6. The number of carbonyl (C=O) groups excluding carboxylic acids is 4. The van der Waals surface area contributed by atoms with Crippen molar-refractivity contribution in [1.82, 2.24) is 89.1 Å². The minimum Gasteiger partial charge on any atom is -0.766 e. The Balaban J connectivity index is 0.000000238. The number of ether oxygens (including phenoxy) is 4. The number of carbonyl (C=O) groups is 4. The zero-order valence-electron chi connectivity index (χ0n) is 65.0. The number of aliphatic hydroxyl groups excluding tert-OH is 2. The predicted molar refractivity (Wildman–Crippen MR) is 433 cm³/mol. The van der Waals surface area contributed by atoms with E-state index in [-0.39, 0.29) is 84.8 Å². The summed E-state index contributed by atoms with van der Waals surface area (Å²) in [4.78, 5) is 171. The Morgan fingerprint density at radius 2 is 0.951 bits per heavy atom. The van der Waals surface area contributed by atoms with Crippen molar-refractivity contribution >= 4 is 159 Å². The third-order valence-electron chi connectivity index (χ3n) is 18.0. The van der Waals surface area contributed by atoms with Gasteiger partial charge in [0, 0.05) is 102 Å². The maximum absolute atomic E-state index is 12.9. The zero-order valence-corrected chi connectivity index (χ0v) is 72.0. The summed E-state index contributed by atoms with van der Waals surface area (Å²) in [7, 11) is -22.0. The number of benzene rings is 4. The maximum atomic E-state index is 12.9. The Morgan fingerprint density at radius 1 is 0.541 bits per heavy atom. The van der Waals surface area contributed by atoms with Crippen LogP contribution in [-0.2, 0) is 73.6 Å². The molecule has 0 bridgehead atoms. The topological polar surface area (TPSA) is 702 Å². The van der Waals surface area contributed by atoms with Crippen molar-refractivity contribution in [2.45, 2.75) is 74.8 Å². The van der Waals surface area contributed by atoms with E-state index in [1.165, 1.54) is 21.8 Å². The van der Waals surface area contributed by atoms with Gasteiger partial charge in [0.1, 0.15) is 76.3 Å². The van der Waals surface area contributed by atoms with Gasteiger partial charge >= 0.3 is 43.3 Å². The summed E-state index contributed by atoms with van der Waals surface area (Å²) in [5.74, 6) is -0.567. The van der Waals surface area contributed by atoms with Crippen molar-refractivity contribution in [3.63, 3.8) is 0 Å². The van der Waals surface area contributed by atoms with Crippen LogP contribution < -0.4 is 81.9 Å². The van der Waals surface area contributed by atoms with Gasteiger partial charge in [-0.15, -0.1) is 22.7 Å². The van der Waals surface area contributed by atoms with E-state index in [9.17, 15) is 86.1 Å². The highest BCUT2D eigenvalue weighted by Gasteiger charge is 2.51. The summed E-state index contributed by atoms with van der Waals surface area (Å²) in [6, 6.07) is 24.4. The second kappa shape index (κ2) is 39.4. The third-order valence-corrected chi connectivity index (χ3v) is 28.6. The Kier molecular flexibility index (Phi) is 30.3. The molecule has 6 aromatic rings. The van der Waals surface area contributed by atoms with E-state index in [1.54, 1.807) is 22.7 Å². The summed E-state index contributed by atoms with van der Waals surface area (Å²) in [5, 5.41) is 34.8. The van der Waals surface area contributed by atoms with Gasteiger partial charge in [-0.1, -0.05) is 0 Å². The molecule has 58 heteroatoms. The fourth-order valence-corrected chi connectivity index (χ4v) is 21.1. The molecule has 0 spiro atoms. The first-order valence-corrected chi connectivity index (χ1v) is 47.1. The van der Waals surface area contributed by atoms with E-state index in [4.69, 9.17) is 54.7 Å². The second-order valence-electron chi connectivity index (χ2n) is 27.4. The standard InChI is InChI=1S/2C32H42N11O14P3S/c1-41(2)18-6-8-20-23(13-18)61-24-14-19(7-9-21(24)39-20)42(3)12-4-5-25(44)34-10-11-35-32(46)56-28-22(15-54-60(52,53)57-59(50,51)40-58(47,48)49)55-31(27(28)45)43-17-38-26-29(33)36-16-37-30(26)43;1-41(2)18-6-8-20-23(13-18)61-24-14-19(7-9-21(24)39-20)42(3)12-4-5-25(44)34-10-11-35-32(46)56-28-27(45)22(15-54-60(52,53)57-59(50,51)40-58(47,48)49)55-31(28)43-17-38-26-29(33)36-16-37-30(26)43/h2*6-9,13-14,16-17,22,27-28,31,45H,4-5,10-12,15H2,1-3H3,(H8-,33,34,35,36,37,40,44,46,47,48,49,50,51,52,53)/t2*22-,27-,28-,31-/m11/s1. The van der Waals surface area contributed by atoms with E-state index in [2.05, 4.69) is 88.6 Å². The van der Waals surface area contributed by atoms with Crippen molar-refractivity contribution in [3.05, 3.63) is 109 Å². The van der Waals surface area contributed by atoms with Gasteiger partial charge in [-0.2, -0.15) is 18.3 Å². The van der Waals surface area contributed by atoms with Crippen LogP contribution in [0.2, 0.25) is 0 Å². The Bertz CT molecular complexity index is 5920. The SMILES string of the molecule is CN(CCCC(=O)NCCNC(=O)O[C@@H]1[C@H](O)[C@@H](COP(=O)(O)OP(=O)(O)NP(=O)([O-])O)O[C@H]1n1cnc2c(N)ncnc21)c1ccc2nc3ccc(=[N+](C)C)cc-3sc2c1.CN(CCCC(=O)NCCNC(=O)O[C@H]1[C@@H](O)[C@H](n2cnc3c(N)ncnc32)O[C@@H]1COP(=O)(O)OP(=O)(O)NP(=O)([O-])O)c1ccc2nc3ccc(=[N+](C)C)cc-3sc2c1. The number of nitrogens with two attached hydrogens (primary N) is 2. The average molecular weight is 1860 g/mol. The van der Waals surface area contributed by atoms with Gasteiger partial charge in [0.05, 0.1) is 67.4 Å². The maximum Gasteiger partial charge on any atom is 0.480 e. The molecule has 6 aliphatic rings. The number of anilines is 4. The molecule has 2 aromatic carbocycles. The molecule has 0 radical (unpaired) electrons. The average Bonchev–Trinajstić information content (AvgIpc) is 1.69. The number of hydrogen-bond donors (Lipinski definition) is 16. The number of aliphatic hydroxyl groups is 2. The van der Waals surface area contributed by atoms with Crippen molar-refractivity contribution in [3.8, 4) is 21.1 Å². The molecule has 50 nitrogen and oxygen atoms in total. The van der Waals surface area contributed by atoms with Gasteiger partial charge in [0.15, 0.2) is 47.6 Å². The van der Waals surface area contributed by atoms with Gasteiger partial charge < -0.3 is 111 Å². The first-order valence-electron chi connectivity index (χ1n) is 36.1. The summed E-state index contributed by atoms with van der Waals surface area (Å²) < 4.78 is 119. The lowest BCUT2D eigenvalue weighted by Crippen LogP contribution is -2.42. The van der Waals surface area contributed by atoms with Gasteiger partial charge in [0.2, 0.25) is 38.0 Å². The molecule has 660 valence electrons. The smallest absolute Gasteiger partial charge is 0.480 e. The summed E-state index contributed by atoms with van der Waals surface area (Å²) in [6.07, 6.45) is -9.03. The van der Waals surface area contributed by atoms with Gasteiger partial charge in [-0.25, -0.2) is 76.9 Å². The third kappa shape index (κ3) is 25.2. The van der Waals surface area contributed by atoms with Crippen LogP contribution in [0.25, 0.3) is 63.9 Å². The van der Waals surface area contributed by atoms with E-state index >= 15 is 0 Å². The molecule has 2 aliphatic carbocycles. The Labute approximate surface area is 698 Å². The number of aromatic nitrogens is 10. The fourth-order valence-electron chi connectivity index (χ4n) is 12.3. The van der Waals surface area contributed by atoms with E-state index in [0.717, 1.165) is 86.0 Å². The van der Waals surface area contributed by atoms with Crippen LogP contribution in [0.15, 0.2) is 98.1 Å². The van der Waals surface area contributed by atoms with Crippen molar-refractivity contribution in [2.75, 3.05) is 116 Å². The first kappa shape index (κ1) is 93.7. The molecule has 0 saturated carbocycles. The zero-order chi connectivity index (χ0) is 88.6. The molecule has 6 unspecified atom stereocenters. The Morgan fingerprint density at radius 3 is 1.39 bits per heavy atom. The van der Waals surface area contributed by atoms with Crippen LogP contribution >= 0.6 is 69.3 Å². The quantitative estimate of drug-likeness (QED) is 0.0106. The van der Waals surface area contributed by atoms with Gasteiger partial charge in [-0.3, -0.25) is 36.9 Å². The number of hydrogen-bond acceptors (Lipinski definition) is 36. The van der Waals surface area contributed by atoms with Crippen LogP contribution in [0, 0.1) is 0 Å². The number of rotatable bonds is 34. The lowest BCUT2D eigenvalue weighted by molar-refractivity contribution is -0.196. The molecule has 2 saturated heterocycles. The van der Waals surface area contributed by atoms with Crippen LogP contribution in [0.4, 0.5) is 32.6 Å². The highest BCUT2D eigenvalue weighted by atomic mass is 32.1. The van der Waals surface area contributed by atoms with Crippen molar-refractivity contribution in [1.29, 1.82) is 0 Å². The number of phosphoric ester groups is 2. The molecular formula is C64H84N22O28P6S2. The van der Waals surface area contributed by atoms with Crippen molar-refractivity contribution in [2.24, 2.45) is 0 Å². The van der Waals surface area contributed by atoms with Crippen LogP contribution in [0.3, 0.4) is 0 Å².